The number of oxazole rings is 1. The highest BCUT2D eigenvalue weighted by Gasteiger charge is 2.15. The van der Waals surface area contributed by atoms with Gasteiger partial charge in [-0.1, -0.05) is 41.6 Å². The summed E-state index contributed by atoms with van der Waals surface area (Å²) in [6.07, 6.45) is 0. The van der Waals surface area contributed by atoms with Gasteiger partial charge in [0.2, 0.25) is 5.91 Å². The molecule has 134 valence electrons. The fraction of sp³-hybridized carbons (Fsp3) is 0.176. The molecule has 0 saturated heterocycles. The van der Waals surface area contributed by atoms with Gasteiger partial charge in [-0.25, -0.2) is 4.98 Å². The van der Waals surface area contributed by atoms with Crippen LogP contribution in [0.3, 0.4) is 0 Å². The Labute approximate surface area is 157 Å². The standard InChI is InChI=1S/C17H14ClN3O4S/c1-10(12-4-2-3-5-13(12)18)19-16(22)9-26-17-20-14-8-11(21(23)24)6-7-15(14)25-17/h2-8,10H,9H2,1H3,(H,19,22). The van der Waals surface area contributed by atoms with Crippen LogP contribution < -0.4 is 5.32 Å². The molecule has 1 unspecified atom stereocenters. The molecule has 0 aliphatic rings. The number of benzene rings is 2. The molecule has 9 heteroatoms. The third kappa shape index (κ3) is 4.14. The predicted molar refractivity (Wildman–Crippen MR) is 99.4 cm³/mol. The molecular formula is C17H14ClN3O4S. The first kappa shape index (κ1) is 18.2. The van der Waals surface area contributed by atoms with Crippen molar-refractivity contribution in [3.8, 4) is 0 Å². The molecule has 3 rings (SSSR count). The highest BCUT2D eigenvalue weighted by molar-refractivity contribution is 7.99. The quantitative estimate of drug-likeness (QED) is 0.381. The van der Waals surface area contributed by atoms with Crippen LogP contribution in [0, 0.1) is 10.1 Å². The number of halogens is 1. The molecule has 0 saturated carbocycles. The summed E-state index contributed by atoms with van der Waals surface area (Å²) in [5, 5.41) is 14.5. The van der Waals surface area contributed by atoms with Crippen LogP contribution in [-0.4, -0.2) is 21.6 Å². The number of hydrogen-bond acceptors (Lipinski definition) is 6. The van der Waals surface area contributed by atoms with E-state index in [1.807, 2.05) is 25.1 Å². The molecule has 0 radical (unpaired) electrons. The zero-order chi connectivity index (χ0) is 18.7. The Bertz CT molecular complexity index is 976. The summed E-state index contributed by atoms with van der Waals surface area (Å²) in [4.78, 5) is 26.6. The maximum Gasteiger partial charge on any atom is 0.271 e. The van der Waals surface area contributed by atoms with Gasteiger partial charge in [0, 0.05) is 17.2 Å². The van der Waals surface area contributed by atoms with Crippen LogP contribution in [0.1, 0.15) is 18.5 Å². The Morgan fingerprint density at radius 1 is 1.38 bits per heavy atom. The molecule has 1 atom stereocenters. The summed E-state index contributed by atoms with van der Waals surface area (Å²) in [6.45, 7) is 1.85. The molecule has 0 spiro atoms. The number of nitro groups is 1. The summed E-state index contributed by atoms with van der Waals surface area (Å²) in [7, 11) is 0. The summed E-state index contributed by atoms with van der Waals surface area (Å²) >= 11 is 7.24. The Kier molecular flexibility index (Phi) is 5.43. The molecule has 1 amide bonds. The molecule has 7 nitrogen and oxygen atoms in total. The van der Waals surface area contributed by atoms with Gasteiger partial charge in [0.25, 0.3) is 10.9 Å². The van der Waals surface area contributed by atoms with Crippen LogP contribution in [0.5, 0.6) is 0 Å². The second-order valence-corrected chi connectivity index (χ2v) is 6.82. The first-order valence-electron chi connectivity index (χ1n) is 7.65. The van der Waals surface area contributed by atoms with E-state index in [0.29, 0.717) is 16.1 Å². The zero-order valence-corrected chi connectivity index (χ0v) is 15.2. The second-order valence-electron chi connectivity index (χ2n) is 5.49. The number of hydrogen-bond donors (Lipinski definition) is 1. The lowest BCUT2D eigenvalue weighted by atomic mass is 10.1. The van der Waals surface area contributed by atoms with Gasteiger partial charge in [-0.3, -0.25) is 14.9 Å². The lowest BCUT2D eigenvalue weighted by Gasteiger charge is -2.15. The van der Waals surface area contributed by atoms with E-state index >= 15 is 0 Å². The number of non-ortho nitro benzene ring substituents is 1. The molecule has 0 aliphatic carbocycles. The average Bonchev–Trinajstić information content (AvgIpc) is 3.02. The Morgan fingerprint density at radius 3 is 2.88 bits per heavy atom. The summed E-state index contributed by atoms with van der Waals surface area (Å²) < 4.78 is 5.49. The van der Waals surface area contributed by atoms with Crippen molar-refractivity contribution in [2.45, 2.75) is 18.2 Å². The molecule has 26 heavy (non-hydrogen) atoms. The van der Waals surface area contributed by atoms with Gasteiger partial charge >= 0.3 is 0 Å². The lowest BCUT2D eigenvalue weighted by molar-refractivity contribution is -0.384. The third-order valence-corrected chi connectivity index (χ3v) is 4.81. The van der Waals surface area contributed by atoms with Crippen molar-refractivity contribution in [3.63, 3.8) is 0 Å². The molecule has 1 aromatic heterocycles. The first-order valence-corrected chi connectivity index (χ1v) is 9.02. The lowest BCUT2D eigenvalue weighted by Crippen LogP contribution is -2.28. The minimum absolute atomic E-state index is 0.0614. The number of carbonyl (C=O) groups is 1. The number of nitrogens with zero attached hydrogens (tertiary/aromatic N) is 2. The van der Waals surface area contributed by atoms with Crippen molar-refractivity contribution >= 4 is 46.1 Å². The van der Waals surface area contributed by atoms with Crippen LogP contribution in [-0.2, 0) is 4.79 Å². The van der Waals surface area contributed by atoms with Crippen molar-refractivity contribution in [1.29, 1.82) is 0 Å². The van der Waals surface area contributed by atoms with E-state index in [1.165, 1.54) is 18.2 Å². The van der Waals surface area contributed by atoms with E-state index in [-0.39, 0.29) is 28.6 Å². The van der Waals surface area contributed by atoms with E-state index in [4.69, 9.17) is 16.0 Å². The van der Waals surface area contributed by atoms with Crippen LogP contribution in [0.4, 0.5) is 5.69 Å². The van der Waals surface area contributed by atoms with Crippen molar-refractivity contribution < 1.29 is 14.1 Å². The Hall–Kier alpha value is -2.58. The molecule has 1 N–H and O–H groups in total. The van der Waals surface area contributed by atoms with Gasteiger partial charge in [0.05, 0.1) is 16.7 Å². The van der Waals surface area contributed by atoms with Gasteiger partial charge in [-0.15, -0.1) is 0 Å². The van der Waals surface area contributed by atoms with Crippen LogP contribution >= 0.6 is 23.4 Å². The number of thioether (sulfide) groups is 1. The molecule has 3 aromatic rings. The van der Waals surface area contributed by atoms with Crippen molar-refractivity contribution in [2.75, 3.05) is 5.75 Å². The van der Waals surface area contributed by atoms with Crippen LogP contribution in [0.15, 0.2) is 52.1 Å². The number of fused-ring (bicyclic) bond motifs is 1. The van der Waals surface area contributed by atoms with Gasteiger partial charge in [-0.05, 0) is 24.6 Å². The summed E-state index contributed by atoms with van der Waals surface area (Å²) in [5.41, 5.74) is 1.59. The number of rotatable bonds is 6. The second kappa shape index (κ2) is 7.76. The number of aromatic nitrogens is 1. The minimum Gasteiger partial charge on any atom is -0.431 e. The van der Waals surface area contributed by atoms with Gasteiger partial charge in [-0.2, -0.15) is 0 Å². The largest absolute Gasteiger partial charge is 0.431 e. The van der Waals surface area contributed by atoms with Gasteiger partial charge in [0.15, 0.2) is 5.58 Å². The first-order chi connectivity index (χ1) is 12.4. The zero-order valence-electron chi connectivity index (χ0n) is 13.6. The van der Waals surface area contributed by atoms with Crippen molar-refractivity contribution in [1.82, 2.24) is 10.3 Å². The molecule has 0 fully saturated rings. The van der Waals surface area contributed by atoms with Crippen LogP contribution in [0.2, 0.25) is 5.02 Å². The van der Waals surface area contributed by atoms with E-state index in [9.17, 15) is 14.9 Å². The fourth-order valence-corrected chi connectivity index (χ4v) is 3.33. The van der Waals surface area contributed by atoms with Crippen molar-refractivity contribution in [2.24, 2.45) is 0 Å². The molecule has 0 bridgehead atoms. The Morgan fingerprint density at radius 2 is 2.15 bits per heavy atom. The monoisotopic (exact) mass is 391 g/mol. The predicted octanol–water partition coefficient (Wildman–Crippen LogP) is 4.36. The maximum absolute atomic E-state index is 12.1. The number of carbonyl (C=O) groups excluding carboxylic acids is 1. The number of amides is 1. The van der Waals surface area contributed by atoms with Crippen molar-refractivity contribution in [3.05, 3.63) is 63.2 Å². The fourth-order valence-electron chi connectivity index (χ4n) is 2.38. The summed E-state index contributed by atoms with van der Waals surface area (Å²) in [5.74, 6) is -0.0976. The molecule has 0 aliphatic heterocycles. The number of nitro benzene ring substituents is 1. The highest BCUT2D eigenvalue weighted by atomic mass is 35.5. The molecular weight excluding hydrogens is 378 g/mol. The topological polar surface area (TPSA) is 98.3 Å². The summed E-state index contributed by atoms with van der Waals surface area (Å²) in [6, 6.07) is 11.2. The minimum atomic E-state index is -0.496. The molecule has 2 aromatic carbocycles. The third-order valence-electron chi connectivity index (χ3n) is 3.64. The van der Waals surface area contributed by atoms with E-state index in [1.54, 1.807) is 6.07 Å². The smallest absolute Gasteiger partial charge is 0.271 e. The average molecular weight is 392 g/mol. The highest BCUT2D eigenvalue weighted by Crippen LogP contribution is 2.27. The molecule has 1 heterocycles. The van der Waals surface area contributed by atoms with Gasteiger partial charge in [0.1, 0.15) is 5.52 Å². The van der Waals surface area contributed by atoms with E-state index < -0.39 is 4.92 Å². The maximum atomic E-state index is 12.1. The Balaban J connectivity index is 1.61. The van der Waals surface area contributed by atoms with E-state index in [0.717, 1.165) is 17.3 Å². The van der Waals surface area contributed by atoms with Gasteiger partial charge < -0.3 is 9.73 Å². The van der Waals surface area contributed by atoms with E-state index in [2.05, 4.69) is 10.3 Å². The van der Waals surface area contributed by atoms with Crippen LogP contribution in [0.25, 0.3) is 11.1 Å². The number of nitrogens with one attached hydrogen (secondary N) is 1. The SMILES string of the molecule is CC(NC(=O)CSc1nc2cc([N+](=O)[O-])ccc2o1)c1ccccc1Cl. The normalized spacial score (nSPS) is 12.1.